The van der Waals surface area contributed by atoms with Gasteiger partial charge in [-0.2, -0.15) is 0 Å². The van der Waals surface area contributed by atoms with Crippen molar-refractivity contribution in [1.82, 2.24) is 16.0 Å². The summed E-state index contributed by atoms with van der Waals surface area (Å²) in [5.41, 5.74) is 0. The average Bonchev–Trinajstić information content (AvgIpc) is 2.98. The van der Waals surface area contributed by atoms with Crippen molar-refractivity contribution in [2.24, 2.45) is 4.99 Å². The molecule has 0 fully saturated rings. The summed E-state index contributed by atoms with van der Waals surface area (Å²) in [6.07, 6.45) is 2.59. The van der Waals surface area contributed by atoms with Crippen LogP contribution in [0.2, 0.25) is 0 Å². The van der Waals surface area contributed by atoms with E-state index >= 15 is 0 Å². The van der Waals surface area contributed by atoms with Crippen molar-refractivity contribution in [3.05, 3.63) is 35.0 Å². The van der Waals surface area contributed by atoms with Crippen LogP contribution in [0.4, 0.5) is 0 Å². The van der Waals surface area contributed by atoms with E-state index in [4.69, 9.17) is 0 Å². The van der Waals surface area contributed by atoms with Gasteiger partial charge in [0.25, 0.3) is 5.91 Å². The van der Waals surface area contributed by atoms with Gasteiger partial charge in [-0.1, -0.05) is 12.1 Å². The predicted molar refractivity (Wildman–Crippen MR) is 85.4 cm³/mol. The second-order valence-corrected chi connectivity index (χ2v) is 4.96. The van der Waals surface area contributed by atoms with Gasteiger partial charge in [-0.15, -0.1) is 17.9 Å². The van der Waals surface area contributed by atoms with E-state index in [1.807, 2.05) is 24.4 Å². The van der Waals surface area contributed by atoms with Crippen molar-refractivity contribution in [2.75, 3.05) is 26.2 Å². The van der Waals surface area contributed by atoms with Crippen molar-refractivity contribution in [1.29, 1.82) is 0 Å². The Hall–Kier alpha value is -1.82. The van der Waals surface area contributed by atoms with E-state index in [0.717, 1.165) is 23.8 Å². The smallest absolute Gasteiger partial charge is 0.261 e. The van der Waals surface area contributed by atoms with Crippen LogP contribution in [-0.2, 0) is 0 Å². The van der Waals surface area contributed by atoms with Gasteiger partial charge < -0.3 is 16.0 Å². The van der Waals surface area contributed by atoms with Crippen LogP contribution in [0.1, 0.15) is 23.0 Å². The lowest BCUT2D eigenvalue weighted by molar-refractivity contribution is 0.0957. The average molecular weight is 294 g/mol. The number of hydrogen-bond donors (Lipinski definition) is 3. The van der Waals surface area contributed by atoms with Crippen LogP contribution in [0.15, 0.2) is 35.2 Å². The highest BCUT2D eigenvalue weighted by Gasteiger charge is 2.04. The number of thiophene rings is 1. The first-order valence-electron chi connectivity index (χ1n) is 6.72. The second-order valence-electron chi connectivity index (χ2n) is 4.02. The fourth-order valence-corrected chi connectivity index (χ4v) is 2.12. The zero-order chi connectivity index (χ0) is 14.6. The minimum Gasteiger partial charge on any atom is -0.357 e. The van der Waals surface area contributed by atoms with Crippen LogP contribution in [0.25, 0.3) is 0 Å². The molecule has 0 radical (unpaired) electrons. The van der Waals surface area contributed by atoms with E-state index < -0.39 is 0 Å². The Balaban J connectivity index is 2.21. The van der Waals surface area contributed by atoms with E-state index in [1.165, 1.54) is 11.3 Å². The maximum absolute atomic E-state index is 11.7. The third-order valence-corrected chi connectivity index (χ3v) is 3.26. The topological polar surface area (TPSA) is 65.5 Å². The number of carbonyl (C=O) groups is 1. The highest BCUT2D eigenvalue weighted by Crippen LogP contribution is 2.07. The Morgan fingerprint density at radius 2 is 2.30 bits per heavy atom. The standard InChI is InChI=1S/C14H22N4OS/c1-3-8-17-14(15-4-2)18-10-6-9-16-13(19)12-7-5-11-20-12/h3,5,7,11H,1,4,6,8-10H2,2H3,(H,16,19)(H2,15,17,18). The maximum Gasteiger partial charge on any atom is 0.261 e. The van der Waals surface area contributed by atoms with E-state index in [0.29, 0.717) is 19.6 Å². The summed E-state index contributed by atoms with van der Waals surface area (Å²) in [6.45, 7) is 8.46. The number of rotatable bonds is 8. The fourth-order valence-electron chi connectivity index (χ4n) is 1.48. The van der Waals surface area contributed by atoms with Gasteiger partial charge in [0, 0.05) is 26.2 Å². The molecule has 20 heavy (non-hydrogen) atoms. The molecule has 0 aromatic carbocycles. The molecule has 1 rings (SSSR count). The number of aliphatic imine (C=N–C) groups is 1. The molecule has 1 heterocycles. The van der Waals surface area contributed by atoms with Gasteiger partial charge >= 0.3 is 0 Å². The molecule has 0 aliphatic carbocycles. The summed E-state index contributed by atoms with van der Waals surface area (Å²) in [5, 5.41) is 11.0. The van der Waals surface area contributed by atoms with Crippen LogP contribution in [0.5, 0.6) is 0 Å². The van der Waals surface area contributed by atoms with Gasteiger partial charge in [0.15, 0.2) is 5.96 Å². The Morgan fingerprint density at radius 1 is 1.45 bits per heavy atom. The predicted octanol–water partition coefficient (Wildman–Crippen LogP) is 1.61. The third kappa shape index (κ3) is 6.38. The van der Waals surface area contributed by atoms with Gasteiger partial charge in [-0.3, -0.25) is 9.79 Å². The third-order valence-electron chi connectivity index (χ3n) is 2.39. The summed E-state index contributed by atoms with van der Waals surface area (Å²) in [4.78, 5) is 16.8. The first-order chi connectivity index (χ1) is 9.77. The van der Waals surface area contributed by atoms with E-state index in [2.05, 4.69) is 27.5 Å². The van der Waals surface area contributed by atoms with Gasteiger partial charge in [0.1, 0.15) is 0 Å². The molecule has 1 amide bonds. The summed E-state index contributed by atoms with van der Waals surface area (Å²) in [5.74, 6) is 0.762. The van der Waals surface area contributed by atoms with Gasteiger partial charge in [-0.25, -0.2) is 0 Å². The number of guanidine groups is 1. The molecule has 1 aromatic rings. The SMILES string of the molecule is C=CCNC(=NCCCNC(=O)c1cccs1)NCC. The van der Waals surface area contributed by atoms with Crippen molar-refractivity contribution in [3.63, 3.8) is 0 Å². The molecule has 3 N–H and O–H groups in total. The van der Waals surface area contributed by atoms with Crippen molar-refractivity contribution in [2.45, 2.75) is 13.3 Å². The highest BCUT2D eigenvalue weighted by atomic mass is 32.1. The van der Waals surface area contributed by atoms with Crippen molar-refractivity contribution >= 4 is 23.2 Å². The molecule has 0 aliphatic rings. The lowest BCUT2D eigenvalue weighted by Crippen LogP contribution is -2.37. The maximum atomic E-state index is 11.7. The molecule has 0 bridgehead atoms. The van der Waals surface area contributed by atoms with Crippen LogP contribution in [0.3, 0.4) is 0 Å². The molecule has 0 aliphatic heterocycles. The highest BCUT2D eigenvalue weighted by molar-refractivity contribution is 7.12. The summed E-state index contributed by atoms with van der Waals surface area (Å²) >= 11 is 1.45. The largest absolute Gasteiger partial charge is 0.357 e. The van der Waals surface area contributed by atoms with E-state index in [1.54, 1.807) is 6.08 Å². The van der Waals surface area contributed by atoms with Gasteiger partial charge in [-0.05, 0) is 24.8 Å². The summed E-state index contributed by atoms with van der Waals surface area (Å²) < 4.78 is 0. The molecule has 0 spiro atoms. The van der Waals surface area contributed by atoms with Crippen LogP contribution in [0, 0.1) is 0 Å². The van der Waals surface area contributed by atoms with Gasteiger partial charge in [0.05, 0.1) is 4.88 Å². The van der Waals surface area contributed by atoms with Crippen LogP contribution >= 0.6 is 11.3 Å². The van der Waals surface area contributed by atoms with E-state index in [-0.39, 0.29) is 5.91 Å². The minimum absolute atomic E-state index is 0.0133. The van der Waals surface area contributed by atoms with Crippen LogP contribution in [-0.4, -0.2) is 38.0 Å². The van der Waals surface area contributed by atoms with Gasteiger partial charge in [0.2, 0.25) is 0 Å². The Kier molecular flexibility index (Phi) is 8.14. The van der Waals surface area contributed by atoms with Crippen LogP contribution < -0.4 is 16.0 Å². The summed E-state index contributed by atoms with van der Waals surface area (Å²) in [6, 6.07) is 3.69. The lowest BCUT2D eigenvalue weighted by Gasteiger charge is -2.09. The quantitative estimate of drug-likeness (QED) is 0.295. The van der Waals surface area contributed by atoms with E-state index in [9.17, 15) is 4.79 Å². The molecular weight excluding hydrogens is 272 g/mol. The Bertz CT molecular complexity index is 428. The number of amides is 1. The molecule has 0 saturated carbocycles. The summed E-state index contributed by atoms with van der Waals surface area (Å²) in [7, 11) is 0. The monoisotopic (exact) mass is 294 g/mol. The van der Waals surface area contributed by atoms with Crippen molar-refractivity contribution < 1.29 is 4.79 Å². The molecule has 6 heteroatoms. The molecule has 0 atom stereocenters. The number of nitrogens with one attached hydrogen (secondary N) is 3. The zero-order valence-corrected chi connectivity index (χ0v) is 12.6. The van der Waals surface area contributed by atoms with Crippen molar-refractivity contribution in [3.8, 4) is 0 Å². The number of carbonyl (C=O) groups excluding carboxylic acids is 1. The first kappa shape index (κ1) is 16.2. The molecule has 1 aromatic heterocycles. The Labute approximate surface area is 124 Å². The molecule has 0 saturated heterocycles. The normalized spacial score (nSPS) is 10.9. The number of hydrogen-bond acceptors (Lipinski definition) is 3. The second kappa shape index (κ2) is 10.0. The zero-order valence-electron chi connectivity index (χ0n) is 11.8. The molecule has 0 unspecified atom stereocenters. The molecular formula is C14H22N4OS. The lowest BCUT2D eigenvalue weighted by atomic mass is 10.4. The molecule has 5 nitrogen and oxygen atoms in total. The number of nitrogens with zero attached hydrogens (tertiary/aromatic N) is 1. The molecule has 110 valence electrons. The minimum atomic E-state index is -0.0133. The first-order valence-corrected chi connectivity index (χ1v) is 7.60. The fraction of sp³-hybridized carbons (Fsp3) is 0.429. The Morgan fingerprint density at radius 3 is 2.95 bits per heavy atom.